The molecule has 5 heteroatoms. The lowest BCUT2D eigenvalue weighted by Gasteiger charge is -2.41. The first-order valence-corrected chi connectivity index (χ1v) is 7.17. The first kappa shape index (κ1) is 14.1. The largest absolute Gasteiger partial charge is 0.369 e. The molecule has 0 spiro atoms. The Labute approximate surface area is 130 Å². The molecule has 4 N–H and O–H groups in total. The molecule has 0 bridgehead atoms. The van der Waals surface area contributed by atoms with E-state index in [2.05, 4.69) is 22.1 Å². The highest BCUT2D eigenvalue weighted by atomic mass is 15.4. The zero-order valence-corrected chi connectivity index (χ0v) is 12.5. The monoisotopic (exact) mass is 293 g/mol. The quantitative estimate of drug-likeness (QED) is 0.909. The third-order valence-corrected chi connectivity index (χ3v) is 3.69. The molecule has 0 amide bonds. The number of hydrogen-bond acceptors (Lipinski definition) is 5. The molecule has 1 aliphatic heterocycles. The van der Waals surface area contributed by atoms with Gasteiger partial charge in [0, 0.05) is 12.1 Å². The molecule has 0 saturated carbocycles. The smallest absolute Gasteiger partial charge is 0.220 e. The molecule has 2 aromatic carbocycles. The number of nitrogens with two attached hydrogens (primary N) is 2. The van der Waals surface area contributed by atoms with Crippen LogP contribution in [0, 0.1) is 0 Å². The van der Waals surface area contributed by atoms with Crippen LogP contribution in [-0.2, 0) is 6.42 Å². The van der Waals surface area contributed by atoms with Gasteiger partial charge in [-0.2, -0.15) is 4.99 Å². The van der Waals surface area contributed by atoms with Gasteiger partial charge in [-0.25, -0.2) is 4.99 Å². The maximum absolute atomic E-state index is 6.15. The molecule has 22 heavy (non-hydrogen) atoms. The summed E-state index contributed by atoms with van der Waals surface area (Å²) in [5.41, 5.74) is 13.5. The van der Waals surface area contributed by atoms with Crippen molar-refractivity contribution >= 4 is 17.6 Å². The van der Waals surface area contributed by atoms with E-state index in [1.165, 1.54) is 0 Å². The summed E-state index contributed by atoms with van der Waals surface area (Å²) >= 11 is 0. The van der Waals surface area contributed by atoms with E-state index in [4.69, 9.17) is 11.5 Å². The summed E-state index contributed by atoms with van der Waals surface area (Å²) in [6, 6.07) is 20.0. The molecular formula is C17H19N5. The van der Waals surface area contributed by atoms with Crippen LogP contribution in [0.4, 0.5) is 5.69 Å². The Balaban J connectivity index is 2.03. The van der Waals surface area contributed by atoms with Gasteiger partial charge >= 0.3 is 0 Å². The third-order valence-electron chi connectivity index (χ3n) is 3.69. The minimum absolute atomic E-state index is 0.211. The van der Waals surface area contributed by atoms with Gasteiger partial charge in [0.2, 0.25) is 11.9 Å². The second-order valence-electron chi connectivity index (χ2n) is 5.49. The van der Waals surface area contributed by atoms with Crippen molar-refractivity contribution in [2.24, 2.45) is 21.5 Å². The van der Waals surface area contributed by atoms with Gasteiger partial charge in [0.15, 0.2) is 0 Å². The van der Waals surface area contributed by atoms with Crippen LogP contribution < -0.4 is 16.4 Å². The molecule has 0 fully saturated rings. The van der Waals surface area contributed by atoms with Crippen LogP contribution in [0.5, 0.6) is 0 Å². The lowest BCUT2D eigenvalue weighted by molar-refractivity contribution is 0.479. The van der Waals surface area contributed by atoms with E-state index in [-0.39, 0.29) is 5.96 Å². The molecule has 0 saturated heterocycles. The third kappa shape index (κ3) is 2.65. The number of guanidine groups is 2. The normalized spacial score (nSPS) is 21.2. The van der Waals surface area contributed by atoms with Crippen molar-refractivity contribution in [1.82, 2.24) is 0 Å². The maximum Gasteiger partial charge on any atom is 0.220 e. The summed E-state index contributed by atoms with van der Waals surface area (Å²) in [5.74, 6) is 0.570. The molecule has 1 aliphatic rings. The van der Waals surface area contributed by atoms with Crippen LogP contribution in [0.1, 0.15) is 12.5 Å². The van der Waals surface area contributed by atoms with Crippen LogP contribution >= 0.6 is 0 Å². The molecule has 1 heterocycles. The highest BCUT2D eigenvalue weighted by molar-refractivity contribution is 6.05. The Bertz CT molecular complexity index is 708. The highest BCUT2D eigenvalue weighted by Gasteiger charge is 2.37. The van der Waals surface area contributed by atoms with E-state index in [0.717, 1.165) is 11.3 Å². The topological polar surface area (TPSA) is 80.0 Å². The Morgan fingerprint density at radius 1 is 0.955 bits per heavy atom. The summed E-state index contributed by atoms with van der Waals surface area (Å²) < 4.78 is 0. The summed E-state index contributed by atoms with van der Waals surface area (Å²) in [4.78, 5) is 10.6. The minimum Gasteiger partial charge on any atom is -0.369 e. The first-order chi connectivity index (χ1) is 10.6. The Hall–Kier alpha value is -2.82. The summed E-state index contributed by atoms with van der Waals surface area (Å²) in [5, 5.41) is 0. The van der Waals surface area contributed by atoms with Gasteiger partial charge in [0.05, 0.1) is 0 Å². The molecule has 5 nitrogen and oxygen atoms in total. The van der Waals surface area contributed by atoms with Gasteiger partial charge in [-0.3, -0.25) is 4.90 Å². The van der Waals surface area contributed by atoms with E-state index in [0.29, 0.717) is 12.4 Å². The van der Waals surface area contributed by atoms with Crippen LogP contribution in [0.3, 0.4) is 0 Å². The Morgan fingerprint density at radius 3 is 2.18 bits per heavy atom. The second kappa shape index (κ2) is 5.52. The second-order valence-corrected chi connectivity index (χ2v) is 5.49. The summed E-state index contributed by atoms with van der Waals surface area (Å²) in [7, 11) is 0. The summed E-state index contributed by atoms with van der Waals surface area (Å²) in [6.07, 6.45) is 0.680. The number of hydrogen-bond donors (Lipinski definition) is 2. The van der Waals surface area contributed by atoms with Gasteiger partial charge in [-0.05, 0) is 24.6 Å². The summed E-state index contributed by atoms with van der Waals surface area (Å²) in [6.45, 7) is 2.02. The lowest BCUT2D eigenvalue weighted by Crippen LogP contribution is -2.57. The van der Waals surface area contributed by atoms with Crippen LogP contribution in [-0.4, -0.2) is 17.6 Å². The molecule has 2 aromatic rings. The van der Waals surface area contributed by atoms with Crippen molar-refractivity contribution < 1.29 is 0 Å². The number of rotatable bonds is 3. The molecule has 112 valence electrons. The van der Waals surface area contributed by atoms with E-state index in [9.17, 15) is 0 Å². The van der Waals surface area contributed by atoms with Gasteiger partial charge in [0.1, 0.15) is 5.66 Å². The maximum atomic E-state index is 6.15. The predicted molar refractivity (Wildman–Crippen MR) is 90.7 cm³/mol. The Morgan fingerprint density at radius 2 is 1.55 bits per heavy atom. The van der Waals surface area contributed by atoms with Crippen LogP contribution in [0.15, 0.2) is 70.6 Å². The molecule has 1 atom stereocenters. The van der Waals surface area contributed by atoms with Gasteiger partial charge < -0.3 is 11.5 Å². The van der Waals surface area contributed by atoms with Gasteiger partial charge in [0.25, 0.3) is 0 Å². The molecule has 0 radical (unpaired) electrons. The molecule has 1 unspecified atom stereocenters. The zero-order chi connectivity index (χ0) is 15.6. The van der Waals surface area contributed by atoms with Crippen molar-refractivity contribution in [2.45, 2.75) is 19.0 Å². The molecular weight excluding hydrogens is 274 g/mol. The number of nitrogens with zero attached hydrogens (tertiary/aromatic N) is 3. The predicted octanol–water partition coefficient (Wildman–Crippen LogP) is 2.09. The molecule has 0 aromatic heterocycles. The molecule has 3 rings (SSSR count). The average molecular weight is 293 g/mol. The lowest BCUT2D eigenvalue weighted by atomic mass is 9.99. The number of anilines is 1. The van der Waals surface area contributed by atoms with E-state index in [1.807, 2.05) is 60.4 Å². The van der Waals surface area contributed by atoms with Crippen molar-refractivity contribution in [3.63, 3.8) is 0 Å². The van der Waals surface area contributed by atoms with E-state index in [1.54, 1.807) is 0 Å². The number of aliphatic imine (C=N–C) groups is 2. The van der Waals surface area contributed by atoms with Crippen LogP contribution in [0.25, 0.3) is 0 Å². The highest BCUT2D eigenvalue weighted by Crippen LogP contribution is 2.30. The van der Waals surface area contributed by atoms with Crippen molar-refractivity contribution in [3.05, 3.63) is 66.2 Å². The minimum atomic E-state index is -0.612. The van der Waals surface area contributed by atoms with Crippen molar-refractivity contribution in [3.8, 4) is 0 Å². The van der Waals surface area contributed by atoms with Gasteiger partial charge in [-0.1, -0.05) is 48.5 Å². The SMILES string of the molecule is CC1(Cc2ccccc2)N=C(N)N=C(N)N1c1ccccc1. The fraction of sp³-hybridized carbons (Fsp3) is 0.176. The van der Waals surface area contributed by atoms with Crippen molar-refractivity contribution in [1.29, 1.82) is 0 Å². The van der Waals surface area contributed by atoms with Crippen LogP contribution in [0.2, 0.25) is 0 Å². The number of para-hydroxylation sites is 1. The first-order valence-electron chi connectivity index (χ1n) is 7.17. The van der Waals surface area contributed by atoms with Crippen molar-refractivity contribution in [2.75, 3.05) is 4.90 Å². The number of benzene rings is 2. The Kier molecular flexibility index (Phi) is 3.55. The fourth-order valence-corrected chi connectivity index (χ4v) is 2.82. The average Bonchev–Trinajstić information content (AvgIpc) is 2.48. The van der Waals surface area contributed by atoms with E-state index < -0.39 is 5.66 Å². The molecule has 0 aliphatic carbocycles. The zero-order valence-electron chi connectivity index (χ0n) is 12.5. The van der Waals surface area contributed by atoms with E-state index >= 15 is 0 Å². The fourth-order valence-electron chi connectivity index (χ4n) is 2.82. The van der Waals surface area contributed by atoms with Gasteiger partial charge in [-0.15, -0.1) is 0 Å². The standard InChI is InChI=1S/C17H19N5/c1-17(12-13-8-4-2-5-9-13)21-15(18)20-16(19)22(17)14-10-6-3-7-11-14/h2-11H,12H2,1H3,(H4,18,19,20,21).